The summed E-state index contributed by atoms with van der Waals surface area (Å²) in [5.74, 6) is -0.864. The molecular weight excluding hydrogens is 508 g/mol. The second-order valence-electron chi connectivity index (χ2n) is 9.66. The molecule has 1 aromatic heterocycles. The molecule has 2 heterocycles. The Morgan fingerprint density at radius 2 is 1.68 bits per heavy atom. The zero-order valence-electron chi connectivity index (χ0n) is 22.4. The summed E-state index contributed by atoms with van der Waals surface area (Å²) in [6, 6.07) is 21.4. The van der Waals surface area contributed by atoms with Gasteiger partial charge in [0, 0.05) is 28.6 Å². The Morgan fingerprint density at radius 3 is 2.40 bits per heavy atom. The summed E-state index contributed by atoms with van der Waals surface area (Å²) in [6.45, 7) is 3.38. The Morgan fingerprint density at radius 1 is 0.950 bits per heavy atom. The summed E-state index contributed by atoms with van der Waals surface area (Å²) in [6.07, 6.45) is 3.70. The van der Waals surface area contributed by atoms with Crippen molar-refractivity contribution in [3.05, 3.63) is 95.1 Å². The lowest BCUT2D eigenvalue weighted by atomic mass is 10.00. The number of amides is 1. The number of nitrogens with one attached hydrogen (secondary N) is 2. The van der Waals surface area contributed by atoms with Gasteiger partial charge in [0.25, 0.3) is 5.91 Å². The number of carbonyl (C=O) groups excluding carboxylic acids is 2. The Hall–Kier alpha value is -4.47. The first-order chi connectivity index (χ1) is 19.5. The number of likely N-dealkylation sites (tertiary alicyclic amines) is 1. The first kappa shape index (κ1) is 27.1. The van der Waals surface area contributed by atoms with E-state index in [-0.39, 0.29) is 11.8 Å². The van der Waals surface area contributed by atoms with Gasteiger partial charge in [-0.25, -0.2) is 15.3 Å². The van der Waals surface area contributed by atoms with Gasteiger partial charge in [0.1, 0.15) is 0 Å². The Bertz CT molecular complexity index is 1510. The summed E-state index contributed by atoms with van der Waals surface area (Å²) >= 11 is 0. The minimum Gasteiger partial charge on any atom is -0.494 e. The molecule has 9 nitrogen and oxygen atoms in total. The molecule has 1 amide bonds. The molecule has 3 N–H and O–H groups in total. The van der Waals surface area contributed by atoms with E-state index in [0.717, 1.165) is 25.2 Å². The van der Waals surface area contributed by atoms with Gasteiger partial charge in [-0.2, -0.15) is 0 Å². The van der Waals surface area contributed by atoms with Crippen molar-refractivity contribution in [1.29, 1.82) is 0 Å². The molecule has 0 aliphatic carbocycles. The number of fused-ring (bicyclic) bond motifs is 1. The van der Waals surface area contributed by atoms with E-state index in [0.29, 0.717) is 45.6 Å². The number of benzene rings is 3. The van der Waals surface area contributed by atoms with Crippen molar-refractivity contribution in [1.82, 2.24) is 15.4 Å². The van der Waals surface area contributed by atoms with E-state index < -0.39 is 5.97 Å². The van der Waals surface area contributed by atoms with Gasteiger partial charge in [-0.05, 0) is 62.3 Å². The average Bonchev–Trinajstić information content (AvgIpc) is 3.33. The number of aromatic nitrogens is 1. The van der Waals surface area contributed by atoms with Gasteiger partial charge in [0.05, 0.1) is 36.2 Å². The summed E-state index contributed by atoms with van der Waals surface area (Å²) in [5, 5.41) is 11.6. The molecule has 1 aliphatic heterocycles. The van der Waals surface area contributed by atoms with Crippen molar-refractivity contribution in [3.63, 3.8) is 0 Å². The molecule has 0 saturated carbocycles. The Labute approximate surface area is 232 Å². The lowest BCUT2D eigenvalue weighted by Crippen LogP contribution is -2.35. The number of carbonyl (C=O) groups is 2. The number of aromatic hydroxyl groups is 1. The molecule has 1 aliphatic rings. The number of hydroxylamine groups is 1. The summed E-state index contributed by atoms with van der Waals surface area (Å²) < 4.78 is 4.82. The number of methoxy groups -OCH3 is 1. The van der Waals surface area contributed by atoms with Crippen molar-refractivity contribution in [3.8, 4) is 5.88 Å². The quantitative estimate of drug-likeness (QED) is 0.119. The molecule has 0 atom stereocenters. The minimum absolute atomic E-state index is 0.0719. The van der Waals surface area contributed by atoms with Gasteiger partial charge < -0.3 is 19.7 Å². The minimum atomic E-state index is -0.467. The van der Waals surface area contributed by atoms with E-state index in [9.17, 15) is 14.7 Å². The second kappa shape index (κ2) is 12.6. The lowest BCUT2D eigenvalue weighted by molar-refractivity contribution is 0.0206. The first-order valence-electron chi connectivity index (χ1n) is 13.4. The molecule has 1 fully saturated rings. The van der Waals surface area contributed by atoms with E-state index in [2.05, 4.69) is 15.4 Å². The lowest BCUT2D eigenvalue weighted by Gasteiger charge is -2.25. The van der Waals surface area contributed by atoms with Crippen LogP contribution in [0.2, 0.25) is 0 Å². The third-order valence-corrected chi connectivity index (χ3v) is 6.98. The maximum absolute atomic E-state index is 12.6. The van der Waals surface area contributed by atoms with Gasteiger partial charge in [-0.15, -0.1) is 0 Å². The number of hydrogen-bond acceptors (Lipinski definition) is 7. The van der Waals surface area contributed by atoms with E-state index >= 15 is 0 Å². The standard InChI is InChI=1S/C31H32N4O5/c1-39-31(38)23-12-15-25-26(20-23)33-30(37)27(25)28(21-8-4-2-5-9-21)32-24-13-10-22(11-14-24)29(36)34-40-19-18-35-16-6-3-7-17-35/h2,4-5,8-15,20,33,37H,3,6-7,16-19H2,1H3,(H,34,36). The first-order valence-corrected chi connectivity index (χ1v) is 13.4. The van der Waals surface area contributed by atoms with E-state index in [1.807, 2.05) is 30.3 Å². The number of aromatic amines is 1. The highest BCUT2D eigenvalue weighted by Gasteiger charge is 2.20. The van der Waals surface area contributed by atoms with Crippen LogP contribution in [-0.4, -0.2) is 65.9 Å². The molecule has 0 spiro atoms. The van der Waals surface area contributed by atoms with Crippen molar-refractivity contribution >= 4 is 34.2 Å². The zero-order valence-corrected chi connectivity index (χ0v) is 22.4. The number of ether oxygens (including phenoxy) is 1. The summed E-state index contributed by atoms with van der Waals surface area (Å²) in [4.78, 5) is 40.1. The molecule has 4 aromatic rings. The molecule has 0 radical (unpaired) electrons. The monoisotopic (exact) mass is 540 g/mol. The van der Waals surface area contributed by atoms with Crippen LogP contribution in [0.15, 0.2) is 77.8 Å². The highest BCUT2D eigenvalue weighted by atomic mass is 16.7. The predicted octanol–water partition coefficient (Wildman–Crippen LogP) is 4.98. The summed E-state index contributed by atoms with van der Waals surface area (Å²) in [5.41, 5.74) is 6.34. The highest BCUT2D eigenvalue weighted by Crippen LogP contribution is 2.32. The molecule has 5 rings (SSSR count). The van der Waals surface area contributed by atoms with Crippen molar-refractivity contribution in [2.45, 2.75) is 19.3 Å². The molecular formula is C31H32N4O5. The molecule has 1 saturated heterocycles. The van der Waals surface area contributed by atoms with Crippen LogP contribution in [0.25, 0.3) is 10.9 Å². The van der Waals surface area contributed by atoms with Crippen molar-refractivity contribution in [2.75, 3.05) is 33.4 Å². The zero-order chi connectivity index (χ0) is 27.9. The third-order valence-electron chi connectivity index (χ3n) is 6.98. The molecule has 3 aromatic carbocycles. The average molecular weight is 541 g/mol. The van der Waals surface area contributed by atoms with Crippen LogP contribution in [-0.2, 0) is 9.57 Å². The van der Waals surface area contributed by atoms with Crippen LogP contribution >= 0.6 is 0 Å². The van der Waals surface area contributed by atoms with Gasteiger partial charge in [-0.3, -0.25) is 9.63 Å². The maximum Gasteiger partial charge on any atom is 0.337 e. The molecule has 40 heavy (non-hydrogen) atoms. The molecule has 0 bridgehead atoms. The summed E-state index contributed by atoms with van der Waals surface area (Å²) in [7, 11) is 1.32. The normalized spacial score (nSPS) is 14.3. The molecule has 206 valence electrons. The SMILES string of the molecule is COC(=O)c1ccc2c(C(=Nc3ccc(C(=O)NOCCN4CCCCC4)cc3)c3ccccc3)c(O)[nH]c2c1. The largest absolute Gasteiger partial charge is 0.494 e. The number of esters is 1. The number of piperidine rings is 1. The van der Waals surface area contributed by atoms with Crippen LogP contribution in [0.3, 0.4) is 0 Å². The van der Waals surface area contributed by atoms with Crippen LogP contribution in [0, 0.1) is 0 Å². The van der Waals surface area contributed by atoms with Crippen LogP contribution < -0.4 is 5.48 Å². The molecule has 0 unspecified atom stereocenters. The van der Waals surface area contributed by atoms with Crippen LogP contribution in [0.1, 0.15) is 51.1 Å². The van der Waals surface area contributed by atoms with Crippen molar-refractivity contribution < 1.29 is 24.3 Å². The van der Waals surface area contributed by atoms with Gasteiger partial charge in [0.15, 0.2) is 5.88 Å². The van der Waals surface area contributed by atoms with E-state index in [4.69, 9.17) is 14.6 Å². The van der Waals surface area contributed by atoms with Crippen LogP contribution in [0.4, 0.5) is 5.69 Å². The number of nitrogens with zero attached hydrogens (tertiary/aromatic N) is 2. The fraction of sp³-hybridized carbons (Fsp3) is 0.258. The molecule has 9 heteroatoms. The fourth-order valence-electron chi connectivity index (χ4n) is 4.88. The second-order valence-corrected chi connectivity index (χ2v) is 9.66. The van der Waals surface area contributed by atoms with Gasteiger partial charge in [0.2, 0.25) is 0 Å². The number of hydrogen-bond donors (Lipinski definition) is 3. The number of rotatable bonds is 9. The predicted molar refractivity (Wildman–Crippen MR) is 153 cm³/mol. The Balaban J connectivity index is 1.36. The van der Waals surface area contributed by atoms with Gasteiger partial charge >= 0.3 is 5.97 Å². The van der Waals surface area contributed by atoms with Crippen molar-refractivity contribution in [2.24, 2.45) is 4.99 Å². The van der Waals surface area contributed by atoms with E-state index in [1.165, 1.54) is 26.4 Å². The van der Waals surface area contributed by atoms with E-state index in [1.54, 1.807) is 42.5 Å². The smallest absolute Gasteiger partial charge is 0.337 e. The fourth-order valence-corrected chi connectivity index (χ4v) is 4.88. The van der Waals surface area contributed by atoms with Gasteiger partial charge in [-0.1, -0.05) is 42.8 Å². The van der Waals surface area contributed by atoms with Crippen LogP contribution in [0.5, 0.6) is 5.88 Å². The third kappa shape index (κ3) is 6.22. The topological polar surface area (TPSA) is 116 Å². The highest BCUT2D eigenvalue weighted by molar-refractivity contribution is 6.22. The maximum atomic E-state index is 12.6. The number of aliphatic imine (C=N–C) groups is 1. The Kier molecular flexibility index (Phi) is 8.53. The number of H-pyrrole nitrogens is 1.